The first kappa shape index (κ1) is 23.0. The third-order valence-corrected chi connectivity index (χ3v) is 9.62. The highest BCUT2D eigenvalue weighted by atomic mass is 16.5. The van der Waals surface area contributed by atoms with Gasteiger partial charge in [0.2, 0.25) is 5.75 Å². The van der Waals surface area contributed by atoms with Crippen LogP contribution in [0.5, 0.6) is 17.2 Å². The van der Waals surface area contributed by atoms with Crippen LogP contribution in [0.3, 0.4) is 0 Å². The van der Waals surface area contributed by atoms with Crippen LogP contribution in [0.2, 0.25) is 0 Å². The molecular weight excluding hydrogens is 448 g/mol. The first-order valence-electron chi connectivity index (χ1n) is 13.0. The quantitative estimate of drug-likeness (QED) is 0.570. The summed E-state index contributed by atoms with van der Waals surface area (Å²) in [6.45, 7) is 6.47. The minimum atomic E-state index is -0.502. The van der Waals surface area contributed by atoms with Gasteiger partial charge in [0.05, 0.1) is 32.6 Å². The van der Waals surface area contributed by atoms with Crippen molar-refractivity contribution >= 4 is 17.4 Å². The summed E-state index contributed by atoms with van der Waals surface area (Å²) in [6.07, 6.45) is 4.90. The van der Waals surface area contributed by atoms with E-state index in [1.165, 1.54) is 12.5 Å². The number of carbonyl (C=O) groups is 2. The first-order chi connectivity index (χ1) is 16.9. The number of ketones is 1. The number of esters is 1. The maximum Gasteiger partial charge on any atom is 0.302 e. The molecule has 0 radical (unpaired) electrons. The second kappa shape index (κ2) is 8.02. The Balaban J connectivity index is 1.56. The fraction of sp³-hybridized carbons (Fsp3) is 0.704. The molecule has 4 heterocycles. The van der Waals surface area contributed by atoms with E-state index < -0.39 is 5.41 Å². The summed E-state index contributed by atoms with van der Waals surface area (Å²) < 4.78 is 23.4. The van der Waals surface area contributed by atoms with E-state index in [9.17, 15) is 9.59 Å². The third kappa shape index (κ3) is 2.83. The van der Waals surface area contributed by atoms with Crippen molar-refractivity contribution in [1.82, 2.24) is 4.90 Å². The molecule has 35 heavy (non-hydrogen) atoms. The molecule has 0 amide bonds. The van der Waals surface area contributed by atoms with Gasteiger partial charge in [0, 0.05) is 36.3 Å². The van der Waals surface area contributed by atoms with Crippen LogP contribution in [-0.2, 0) is 19.7 Å². The number of piperidine rings is 1. The number of fused-ring (bicyclic) bond motifs is 1. The van der Waals surface area contributed by atoms with Gasteiger partial charge in [-0.1, -0.05) is 6.92 Å². The van der Waals surface area contributed by atoms with Crippen molar-refractivity contribution in [2.75, 3.05) is 45.4 Å². The summed E-state index contributed by atoms with van der Waals surface area (Å²) in [7, 11) is 3.33. The van der Waals surface area contributed by atoms with Gasteiger partial charge in [-0.05, 0) is 56.8 Å². The summed E-state index contributed by atoms with van der Waals surface area (Å²) in [5.41, 5.74) is 1.64. The maximum absolute atomic E-state index is 14.2. The van der Waals surface area contributed by atoms with E-state index in [-0.39, 0.29) is 29.5 Å². The lowest BCUT2D eigenvalue weighted by Crippen LogP contribution is -2.69. The predicted molar refractivity (Wildman–Crippen MR) is 130 cm³/mol. The summed E-state index contributed by atoms with van der Waals surface area (Å²) in [6, 6.07) is 2.54. The van der Waals surface area contributed by atoms with E-state index in [2.05, 4.69) is 22.8 Å². The summed E-state index contributed by atoms with van der Waals surface area (Å²) >= 11 is 0. The van der Waals surface area contributed by atoms with Crippen LogP contribution in [0.25, 0.3) is 0 Å². The molecule has 1 spiro atoms. The molecule has 8 nitrogen and oxygen atoms in total. The zero-order valence-electron chi connectivity index (χ0n) is 21.2. The Morgan fingerprint density at radius 1 is 1.23 bits per heavy atom. The average molecular weight is 485 g/mol. The zero-order chi connectivity index (χ0) is 24.5. The first-order valence-corrected chi connectivity index (χ1v) is 13.0. The second-order valence-corrected chi connectivity index (χ2v) is 10.8. The van der Waals surface area contributed by atoms with Gasteiger partial charge < -0.3 is 23.8 Å². The smallest absolute Gasteiger partial charge is 0.302 e. The standard InChI is InChI=1S/C27H36N2O6/c1-5-17-15-35-24-22-18(13-19(32-3)23(24)33-4)27-8-11-28-10-6-7-26(25(27)28,9-12-34-16(2)30)21(31)14-20(27)29(17)22/h13,17,20,25H,5-12,14-15H2,1-4H3. The van der Waals surface area contributed by atoms with E-state index in [1.807, 2.05) is 0 Å². The molecule has 5 unspecified atom stereocenters. The Bertz CT molecular complexity index is 1070. The van der Waals surface area contributed by atoms with Crippen molar-refractivity contribution in [2.45, 2.75) is 75.9 Å². The molecule has 5 atom stereocenters. The fourth-order valence-electron chi connectivity index (χ4n) is 8.39. The number of hydrogen-bond donors (Lipinski definition) is 0. The Morgan fingerprint density at radius 2 is 2.06 bits per heavy atom. The molecule has 1 aromatic carbocycles. The number of anilines is 1. The van der Waals surface area contributed by atoms with Crippen LogP contribution >= 0.6 is 0 Å². The summed E-state index contributed by atoms with van der Waals surface area (Å²) in [4.78, 5) is 30.8. The van der Waals surface area contributed by atoms with Crippen LogP contribution in [0.1, 0.15) is 57.9 Å². The molecule has 190 valence electrons. The molecule has 0 aromatic heterocycles. The predicted octanol–water partition coefficient (Wildman–Crippen LogP) is 3.08. The van der Waals surface area contributed by atoms with Gasteiger partial charge in [0.25, 0.3) is 0 Å². The second-order valence-electron chi connectivity index (χ2n) is 10.8. The Morgan fingerprint density at radius 3 is 2.77 bits per heavy atom. The van der Waals surface area contributed by atoms with Crippen molar-refractivity contribution < 1.29 is 28.5 Å². The van der Waals surface area contributed by atoms with Gasteiger partial charge >= 0.3 is 5.97 Å². The van der Waals surface area contributed by atoms with Crippen molar-refractivity contribution in [2.24, 2.45) is 5.41 Å². The minimum Gasteiger partial charge on any atom is -0.493 e. The monoisotopic (exact) mass is 484 g/mol. The van der Waals surface area contributed by atoms with Crippen molar-refractivity contribution in [3.8, 4) is 17.2 Å². The van der Waals surface area contributed by atoms with E-state index in [4.69, 9.17) is 18.9 Å². The number of ether oxygens (including phenoxy) is 4. The highest BCUT2D eigenvalue weighted by Gasteiger charge is 2.72. The normalized spacial score (nSPS) is 34.6. The van der Waals surface area contributed by atoms with E-state index in [0.717, 1.165) is 50.2 Å². The molecular formula is C27H36N2O6. The number of Topliss-reactive ketones (excluding diaryl/α,β-unsaturated/α-hetero) is 1. The molecule has 0 bridgehead atoms. The summed E-state index contributed by atoms with van der Waals surface area (Å²) in [5, 5.41) is 0. The topological polar surface area (TPSA) is 77.5 Å². The van der Waals surface area contributed by atoms with E-state index in [0.29, 0.717) is 43.3 Å². The zero-order valence-corrected chi connectivity index (χ0v) is 21.2. The molecule has 1 aromatic rings. The molecule has 2 saturated heterocycles. The third-order valence-electron chi connectivity index (χ3n) is 9.62. The molecule has 6 rings (SSSR count). The van der Waals surface area contributed by atoms with Gasteiger partial charge in [-0.15, -0.1) is 0 Å². The Kier molecular flexibility index (Phi) is 5.26. The van der Waals surface area contributed by atoms with Gasteiger partial charge in [-0.3, -0.25) is 14.5 Å². The molecule has 0 N–H and O–H groups in total. The fourth-order valence-corrected chi connectivity index (χ4v) is 8.39. The number of hydrogen-bond acceptors (Lipinski definition) is 8. The van der Waals surface area contributed by atoms with Gasteiger partial charge in [0.1, 0.15) is 12.4 Å². The minimum absolute atomic E-state index is 0.0795. The Hall–Kier alpha value is -2.48. The highest BCUT2D eigenvalue weighted by Crippen LogP contribution is 2.68. The molecule has 1 saturated carbocycles. The van der Waals surface area contributed by atoms with Crippen LogP contribution in [0, 0.1) is 5.41 Å². The van der Waals surface area contributed by atoms with Crippen LogP contribution in [0.4, 0.5) is 5.69 Å². The van der Waals surface area contributed by atoms with Crippen molar-refractivity contribution in [1.29, 1.82) is 0 Å². The lowest BCUT2D eigenvalue weighted by atomic mass is 9.51. The van der Waals surface area contributed by atoms with Gasteiger partial charge in [-0.2, -0.15) is 0 Å². The van der Waals surface area contributed by atoms with Crippen molar-refractivity contribution in [3.63, 3.8) is 0 Å². The van der Waals surface area contributed by atoms with Gasteiger partial charge in [0.15, 0.2) is 11.5 Å². The molecule has 3 fully saturated rings. The van der Waals surface area contributed by atoms with Gasteiger partial charge in [-0.25, -0.2) is 0 Å². The van der Waals surface area contributed by atoms with Crippen LogP contribution in [-0.4, -0.2) is 75.3 Å². The number of carbonyl (C=O) groups excluding carboxylic acids is 2. The SMILES string of the molecule is CCC1COc2c(OC)c(OC)cc3c2N1C1CC(=O)C2(CCOC(C)=O)CCCN4CCC31C42. The summed E-state index contributed by atoms with van der Waals surface area (Å²) in [5.74, 6) is 2.11. The maximum atomic E-state index is 14.2. The molecule has 1 aliphatic carbocycles. The number of rotatable bonds is 6. The average Bonchev–Trinajstić information content (AvgIpc) is 3.38. The Labute approximate surface area is 206 Å². The molecule has 8 heteroatoms. The largest absolute Gasteiger partial charge is 0.493 e. The number of nitrogens with zero attached hydrogens (tertiary/aromatic N) is 2. The molecule has 5 aliphatic rings. The number of methoxy groups -OCH3 is 2. The van der Waals surface area contributed by atoms with Crippen molar-refractivity contribution in [3.05, 3.63) is 11.6 Å². The lowest BCUT2D eigenvalue weighted by molar-refractivity contribution is -0.151. The van der Waals surface area contributed by atoms with Crippen LogP contribution < -0.4 is 19.1 Å². The van der Waals surface area contributed by atoms with E-state index in [1.54, 1.807) is 14.2 Å². The van der Waals surface area contributed by atoms with Crippen LogP contribution in [0.15, 0.2) is 6.07 Å². The number of benzene rings is 1. The lowest BCUT2D eigenvalue weighted by Gasteiger charge is -2.58. The van der Waals surface area contributed by atoms with E-state index >= 15 is 0 Å². The molecule has 4 aliphatic heterocycles. The highest BCUT2D eigenvalue weighted by molar-refractivity contribution is 5.92.